The Bertz CT molecular complexity index is 632. The molecule has 1 heterocycles. The Labute approximate surface area is 130 Å². The lowest BCUT2D eigenvalue weighted by Crippen LogP contribution is -2.31. The Morgan fingerprint density at radius 3 is 2.86 bits per heavy atom. The van der Waals surface area contributed by atoms with Crippen LogP contribution < -0.4 is 10.6 Å². The first-order valence-electron chi connectivity index (χ1n) is 8.36. The minimum atomic E-state index is 0.130. The smallest absolute Gasteiger partial charge is 0.228 e. The molecule has 1 aromatic carbocycles. The molecule has 1 unspecified atom stereocenters. The highest BCUT2D eigenvalue weighted by Gasteiger charge is 2.57. The van der Waals surface area contributed by atoms with Crippen molar-refractivity contribution in [1.29, 1.82) is 0 Å². The van der Waals surface area contributed by atoms with E-state index in [9.17, 15) is 9.59 Å². The van der Waals surface area contributed by atoms with Gasteiger partial charge in [0.2, 0.25) is 5.91 Å². The molecule has 4 heteroatoms. The second-order valence-electron chi connectivity index (χ2n) is 7.01. The normalized spacial score (nSPS) is 25.6. The van der Waals surface area contributed by atoms with E-state index in [1.807, 2.05) is 18.2 Å². The number of anilines is 1. The average molecular weight is 298 g/mol. The Morgan fingerprint density at radius 2 is 2.05 bits per heavy atom. The summed E-state index contributed by atoms with van der Waals surface area (Å²) in [5, 5.41) is 6.39. The Balaban J connectivity index is 1.47. The molecule has 2 N–H and O–H groups in total. The second-order valence-corrected chi connectivity index (χ2v) is 7.01. The topological polar surface area (TPSA) is 58.2 Å². The molecule has 2 fully saturated rings. The average Bonchev–Trinajstić information content (AvgIpc) is 3.22. The van der Waals surface area contributed by atoms with Gasteiger partial charge in [0.15, 0.2) is 5.78 Å². The lowest BCUT2D eigenvalue weighted by atomic mass is 9.90. The number of ketones is 1. The van der Waals surface area contributed by atoms with Crippen LogP contribution in [-0.2, 0) is 11.2 Å². The zero-order valence-electron chi connectivity index (χ0n) is 12.8. The zero-order valence-corrected chi connectivity index (χ0v) is 12.8. The first kappa shape index (κ1) is 13.9. The molecule has 1 saturated heterocycles. The predicted octanol–water partition coefficient (Wildman–Crippen LogP) is 2.53. The van der Waals surface area contributed by atoms with Gasteiger partial charge in [0, 0.05) is 23.6 Å². The number of hydrogen-bond acceptors (Lipinski definition) is 3. The van der Waals surface area contributed by atoms with Crippen molar-refractivity contribution in [3.05, 3.63) is 29.3 Å². The number of Topliss-reactive ketones (excluding diaryl/α,β-unsaturated/α-hetero) is 1. The quantitative estimate of drug-likeness (QED) is 0.882. The summed E-state index contributed by atoms with van der Waals surface area (Å²) in [5.41, 5.74) is 2.95. The van der Waals surface area contributed by atoms with Gasteiger partial charge in [0.1, 0.15) is 0 Å². The molecular weight excluding hydrogens is 276 g/mol. The summed E-state index contributed by atoms with van der Waals surface area (Å²) in [6, 6.07) is 5.80. The van der Waals surface area contributed by atoms with Gasteiger partial charge in [-0.25, -0.2) is 0 Å². The maximum absolute atomic E-state index is 12.5. The number of benzene rings is 1. The molecule has 0 aromatic heterocycles. The molecular formula is C18H22N2O2. The third-order valence-corrected chi connectivity index (χ3v) is 5.63. The van der Waals surface area contributed by atoms with E-state index in [1.165, 1.54) is 0 Å². The van der Waals surface area contributed by atoms with Crippen LogP contribution in [0.1, 0.15) is 48.0 Å². The molecule has 1 amide bonds. The minimum Gasteiger partial charge on any atom is -0.326 e. The van der Waals surface area contributed by atoms with Gasteiger partial charge in [-0.3, -0.25) is 9.59 Å². The van der Waals surface area contributed by atoms with Crippen molar-refractivity contribution in [3.63, 3.8) is 0 Å². The van der Waals surface area contributed by atoms with E-state index in [0.717, 1.165) is 62.0 Å². The molecule has 1 aromatic rings. The predicted molar refractivity (Wildman–Crippen MR) is 85.0 cm³/mol. The summed E-state index contributed by atoms with van der Waals surface area (Å²) in [4.78, 5) is 24.5. The summed E-state index contributed by atoms with van der Waals surface area (Å²) in [6.45, 7) is 2.05. The molecule has 22 heavy (non-hydrogen) atoms. The number of amides is 1. The molecule has 1 aliphatic heterocycles. The SMILES string of the molecule is O=C1CCCc2ccc(NC(=O)C3CC34CCNCC4)cc21. The zero-order chi connectivity index (χ0) is 15.2. The number of rotatable bonds is 2. The molecule has 4 rings (SSSR count). The summed E-state index contributed by atoms with van der Waals surface area (Å²) in [6.07, 6.45) is 5.76. The highest BCUT2D eigenvalue weighted by molar-refractivity contribution is 6.01. The maximum Gasteiger partial charge on any atom is 0.228 e. The van der Waals surface area contributed by atoms with Crippen LogP contribution in [0.15, 0.2) is 18.2 Å². The second kappa shape index (κ2) is 5.20. The lowest BCUT2D eigenvalue weighted by molar-refractivity contribution is -0.118. The minimum absolute atomic E-state index is 0.130. The third-order valence-electron chi connectivity index (χ3n) is 5.63. The van der Waals surface area contributed by atoms with Crippen molar-refractivity contribution in [2.24, 2.45) is 11.3 Å². The molecule has 116 valence electrons. The highest BCUT2D eigenvalue weighted by Crippen LogP contribution is 2.58. The monoisotopic (exact) mass is 298 g/mol. The number of nitrogens with one attached hydrogen (secondary N) is 2. The number of piperidine rings is 1. The molecule has 1 spiro atoms. The van der Waals surface area contributed by atoms with Gasteiger partial charge >= 0.3 is 0 Å². The van der Waals surface area contributed by atoms with Crippen molar-refractivity contribution < 1.29 is 9.59 Å². The van der Waals surface area contributed by atoms with Gasteiger partial charge < -0.3 is 10.6 Å². The van der Waals surface area contributed by atoms with Gasteiger partial charge in [0.05, 0.1) is 0 Å². The first-order valence-corrected chi connectivity index (χ1v) is 8.36. The Kier molecular flexibility index (Phi) is 3.30. The number of carbonyl (C=O) groups is 2. The summed E-state index contributed by atoms with van der Waals surface area (Å²) in [5.74, 6) is 0.491. The Hall–Kier alpha value is -1.68. The molecule has 3 aliphatic rings. The molecule has 0 bridgehead atoms. The number of carbonyl (C=O) groups excluding carboxylic acids is 2. The molecule has 1 atom stereocenters. The van der Waals surface area contributed by atoms with Gasteiger partial charge in [-0.1, -0.05) is 6.07 Å². The van der Waals surface area contributed by atoms with Crippen LogP contribution in [0.25, 0.3) is 0 Å². The van der Waals surface area contributed by atoms with Gasteiger partial charge in [-0.05, 0) is 68.3 Å². The van der Waals surface area contributed by atoms with Crippen LogP contribution in [0.3, 0.4) is 0 Å². The number of hydrogen-bond donors (Lipinski definition) is 2. The van der Waals surface area contributed by atoms with Gasteiger partial charge in [0.25, 0.3) is 0 Å². The molecule has 4 nitrogen and oxygen atoms in total. The molecule has 2 aliphatic carbocycles. The number of aryl methyl sites for hydroxylation is 1. The fourth-order valence-electron chi connectivity index (χ4n) is 4.13. The van der Waals surface area contributed by atoms with Crippen molar-refractivity contribution in [2.45, 2.75) is 38.5 Å². The fourth-order valence-corrected chi connectivity index (χ4v) is 4.13. The van der Waals surface area contributed by atoms with Crippen LogP contribution in [0.5, 0.6) is 0 Å². The first-order chi connectivity index (χ1) is 10.7. The third kappa shape index (κ3) is 2.35. The van der Waals surface area contributed by atoms with E-state index in [0.29, 0.717) is 6.42 Å². The molecule has 1 saturated carbocycles. The van der Waals surface area contributed by atoms with Crippen LogP contribution in [0.4, 0.5) is 5.69 Å². The van der Waals surface area contributed by atoms with E-state index < -0.39 is 0 Å². The lowest BCUT2D eigenvalue weighted by Gasteiger charge is -2.23. The van der Waals surface area contributed by atoms with E-state index in [-0.39, 0.29) is 23.0 Å². The van der Waals surface area contributed by atoms with E-state index in [2.05, 4.69) is 10.6 Å². The van der Waals surface area contributed by atoms with Crippen molar-refractivity contribution in [2.75, 3.05) is 18.4 Å². The standard InChI is InChI=1S/C18H22N2O2/c21-16-3-1-2-12-4-5-13(10-14(12)16)20-17(22)15-11-18(15)6-8-19-9-7-18/h4-5,10,15,19H,1-3,6-9,11H2,(H,20,22). The summed E-state index contributed by atoms with van der Waals surface area (Å²) >= 11 is 0. The number of fused-ring (bicyclic) bond motifs is 1. The summed E-state index contributed by atoms with van der Waals surface area (Å²) < 4.78 is 0. The van der Waals surface area contributed by atoms with E-state index in [1.54, 1.807) is 0 Å². The van der Waals surface area contributed by atoms with Gasteiger partial charge in [-0.2, -0.15) is 0 Å². The van der Waals surface area contributed by atoms with Crippen LogP contribution in [0, 0.1) is 11.3 Å². The van der Waals surface area contributed by atoms with Gasteiger partial charge in [-0.15, -0.1) is 0 Å². The van der Waals surface area contributed by atoms with Crippen LogP contribution in [0.2, 0.25) is 0 Å². The van der Waals surface area contributed by atoms with E-state index in [4.69, 9.17) is 0 Å². The maximum atomic E-state index is 12.5. The van der Waals surface area contributed by atoms with Crippen molar-refractivity contribution in [3.8, 4) is 0 Å². The Morgan fingerprint density at radius 1 is 1.23 bits per heavy atom. The van der Waals surface area contributed by atoms with Crippen LogP contribution in [-0.4, -0.2) is 24.8 Å². The van der Waals surface area contributed by atoms with Crippen molar-refractivity contribution in [1.82, 2.24) is 5.32 Å². The molecule has 0 radical (unpaired) electrons. The summed E-state index contributed by atoms with van der Waals surface area (Å²) in [7, 11) is 0. The van der Waals surface area contributed by atoms with Crippen LogP contribution >= 0.6 is 0 Å². The fraction of sp³-hybridized carbons (Fsp3) is 0.556. The van der Waals surface area contributed by atoms with E-state index >= 15 is 0 Å². The van der Waals surface area contributed by atoms with Crippen molar-refractivity contribution >= 4 is 17.4 Å². The largest absolute Gasteiger partial charge is 0.326 e. The highest BCUT2D eigenvalue weighted by atomic mass is 16.2.